The molecule has 2 aromatic rings. The lowest BCUT2D eigenvalue weighted by molar-refractivity contribution is 0.172. The number of rotatable bonds is 6. The topological polar surface area (TPSA) is 70.6 Å². The van der Waals surface area contributed by atoms with E-state index < -0.39 is 6.10 Å². The molecule has 0 saturated heterocycles. The van der Waals surface area contributed by atoms with Crippen LogP contribution >= 0.6 is 0 Å². The molecule has 0 saturated carbocycles. The van der Waals surface area contributed by atoms with Crippen molar-refractivity contribution in [3.8, 4) is 5.75 Å². The van der Waals surface area contributed by atoms with E-state index in [4.69, 9.17) is 4.74 Å². The fourth-order valence-corrected chi connectivity index (χ4v) is 2.22. The minimum absolute atomic E-state index is 0.132. The summed E-state index contributed by atoms with van der Waals surface area (Å²) < 4.78 is 5.12. The number of benzene rings is 2. The first-order chi connectivity index (χ1) is 11.1. The van der Waals surface area contributed by atoms with Gasteiger partial charge in [0, 0.05) is 13.1 Å². The van der Waals surface area contributed by atoms with Crippen molar-refractivity contribution in [1.29, 1.82) is 0 Å². The summed E-state index contributed by atoms with van der Waals surface area (Å²) in [5.41, 5.74) is 2.88. The zero-order chi connectivity index (χ0) is 16.7. The van der Waals surface area contributed by atoms with Crippen LogP contribution in [-0.4, -0.2) is 24.8 Å². The van der Waals surface area contributed by atoms with Crippen molar-refractivity contribution in [3.63, 3.8) is 0 Å². The van der Waals surface area contributed by atoms with Crippen molar-refractivity contribution in [2.75, 3.05) is 13.7 Å². The van der Waals surface area contributed by atoms with Crippen LogP contribution in [0.1, 0.15) is 22.8 Å². The Morgan fingerprint density at radius 1 is 1.17 bits per heavy atom. The van der Waals surface area contributed by atoms with Crippen LogP contribution < -0.4 is 15.4 Å². The van der Waals surface area contributed by atoms with Crippen molar-refractivity contribution < 1.29 is 14.6 Å². The molecule has 0 spiro atoms. The van der Waals surface area contributed by atoms with Gasteiger partial charge in [0.15, 0.2) is 0 Å². The summed E-state index contributed by atoms with van der Waals surface area (Å²) in [6.07, 6.45) is -0.783. The summed E-state index contributed by atoms with van der Waals surface area (Å²) in [7, 11) is 1.57. The number of nitrogens with one attached hydrogen (secondary N) is 2. The number of hydrogen-bond acceptors (Lipinski definition) is 3. The Balaban J connectivity index is 1.79. The molecule has 0 heterocycles. The largest absolute Gasteiger partial charge is 0.497 e. The van der Waals surface area contributed by atoms with Crippen LogP contribution in [-0.2, 0) is 6.54 Å². The van der Waals surface area contributed by atoms with Crippen LogP contribution in [0.25, 0.3) is 0 Å². The van der Waals surface area contributed by atoms with Crippen molar-refractivity contribution in [2.45, 2.75) is 19.6 Å². The molecule has 5 heteroatoms. The van der Waals surface area contributed by atoms with E-state index in [2.05, 4.69) is 10.6 Å². The molecule has 0 fully saturated rings. The van der Waals surface area contributed by atoms with Crippen molar-refractivity contribution in [3.05, 3.63) is 65.2 Å². The van der Waals surface area contributed by atoms with E-state index in [1.54, 1.807) is 31.4 Å². The SMILES string of the molecule is COc1cccc(C(O)CNC(=O)NCc2cccc(C)c2)c1. The van der Waals surface area contributed by atoms with Crippen LogP contribution in [0.3, 0.4) is 0 Å². The average Bonchev–Trinajstić information content (AvgIpc) is 2.58. The fourth-order valence-electron chi connectivity index (χ4n) is 2.22. The Morgan fingerprint density at radius 2 is 1.96 bits per heavy atom. The molecule has 122 valence electrons. The molecule has 1 unspecified atom stereocenters. The lowest BCUT2D eigenvalue weighted by Gasteiger charge is -2.14. The number of urea groups is 1. The molecule has 0 aliphatic rings. The lowest BCUT2D eigenvalue weighted by Crippen LogP contribution is -2.37. The third-order valence-corrected chi connectivity index (χ3v) is 3.47. The van der Waals surface area contributed by atoms with E-state index in [9.17, 15) is 9.90 Å². The van der Waals surface area contributed by atoms with E-state index in [-0.39, 0.29) is 12.6 Å². The Morgan fingerprint density at radius 3 is 2.70 bits per heavy atom. The highest BCUT2D eigenvalue weighted by molar-refractivity contribution is 5.73. The van der Waals surface area contributed by atoms with Crippen LogP contribution in [0, 0.1) is 6.92 Å². The lowest BCUT2D eigenvalue weighted by atomic mass is 10.1. The summed E-state index contributed by atoms with van der Waals surface area (Å²) in [4.78, 5) is 11.8. The van der Waals surface area contributed by atoms with E-state index in [1.165, 1.54) is 0 Å². The Hall–Kier alpha value is -2.53. The minimum Gasteiger partial charge on any atom is -0.497 e. The van der Waals surface area contributed by atoms with Gasteiger partial charge < -0.3 is 20.5 Å². The maximum Gasteiger partial charge on any atom is 0.315 e. The summed E-state index contributed by atoms with van der Waals surface area (Å²) >= 11 is 0. The van der Waals surface area contributed by atoms with E-state index in [0.29, 0.717) is 17.9 Å². The smallest absolute Gasteiger partial charge is 0.315 e. The first-order valence-electron chi connectivity index (χ1n) is 7.48. The van der Waals surface area contributed by atoms with Gasteiger partial charge in [-0.15, -0.1) is 0 Å². The number of carbonyl (C=O) groups excluding carboxylic acids is 1. The number of ether oxygens (including phenoxy) is 1. The third kappa shape index (κ3) is 5.30. The molecule has 0 aliphatic carbocycles. The van der Waals surface area contributed by atoms with Gasteiger partial charge in [-0.3, -0.25) is 0 Å². The quantitative estimate of drug-likeness (QED) is 0.767. The second-order valence-corrected chi connectivity index (χ2v) is 5.35. The van der Waals surface area contributed by atoms with Crippen LogP contribution in [0.15, 0.2) is 48.5 Å². The highest BCUT2D eigenvalue weighted by Gasteiger charge is 2.10. The van der Waals surface area contributed by atoms with Gasteiger partial charge in [0.25, 0.3) is 0 Å². The highest BCUT2D eigenvalue weighted by Crippen LogP contribution is 2.18. The molecule has 0 bridgehead atoms. The van der Waals surface area contributed by atoms with Gasteiger partial charge in [0.1, 0.15) is 5.75 Å². The number of hydrogen-bond donors (Lipinski definition) is 3. The van der Waals surface area contributed by atoms with Crippen molar-refractivity contribution in [2.24, 2.45) is 0 Å². The van der Waals surface area contributed by atoms with E-state index in [1.807, 2.05) is 31.2 Å². The van der Waals surface area contributed by atoms with Crippen LogP contribution in [0.2, 0.25) is 0 Å². The van der Waals surface area contributed by atoms with Gasteiger partial charge >= 0.3 is 6.03 Å². The number of methoxy groups -OCH3 is 1. The number of aliphatic hydroxyl groups is 1. The molecular formula is C18H22N2O3. The standard InChI is InChI=1S/C18H22N2O3/c1-13-5-3-6-14(9-13)11-19-18(22)20-12-17(21)15-7-4-8-16(10-15)23-2/h3-10,17,21H,11-12H2,1-2H3,(H2,19,20,22). The summed E-state index contributed by atoms with van der Waals surface area (Å²) in [5.74, 6) is 0.672. The van der Waals surface area contributed by atoms with Gasteiger partial charge in [0.05, 0.1) is 13.2 Å². The van der Waals surface area contributed by atoms with Gasteiger partial charge in [0.2, 0.25) is 0 Å². The van der Waals surface area contributed by atoms with E-state index >= 15 is 0 Å². The van der Waals surface area contributed by atoms with Crippen molar-refractivity contribution >= 4 is 6.03 Å². The molecule has 0 aromatic heterocycles. The second-order valence-electron chi connectivity index (χ2n) is 5.35. The average molecular weight is 314 g/mol. The van der Waals surface area contributed by atoms with Crippen LogP contribution in [0.4, 0.5) is 4.79 Å². The minimum atomic E-state index is -0.783. The molecular weight excluding hydrogens is 292 g/mol. The van der Waals surface area contributed by atoms with Gasteiger partial charge in [-0.2, -0.15) is 0 Å². The molecule has 23 heavy (non-hydrogen) atoms. The Labute approximate surface area is 136 Å². The number of amides is 2. The molecule has 5 nitrogen and oxygen atoms in total. The maximum absolute atomic E-state index is 11.8. The highest BCUT2D eigenvalue weighted by atomic mass is 16.5. The zero-order valence-electron chi connectivity index (χ0n) is 13.4. The third-order valence-electron chi connectivity index (χ3n) is 3.47. The monoisotopic (exact) mass is 314 g/mol. The van der Waals surface area contributed by atoms with E-state index in [0.717, 1.165) is 11.1 Å². The number of carbonyl (C=O) groups is 1. The Kier molecular flexibility index (Phi) is 6.00. The molecule has 3 N–H and O–H groups in total. The molecule has 1 atom stereocenters. The predicted octanol–water partition coefficient (Wildman–Crippen LogP) is 2.54. The molecule has 2 aromatic carbocycles. The van der Waals surface area contributed by atoms with Gasteiger partial charge in [-0.1, -0.05) is 42.0 Å². The molecule has 2 rings (SSSR count). The van der Waals surface area contributed by atoms with Gasteiger partial charge in [-0.05, 0) is 30.2 Å². The first-order valence-corrected chi connectivity index (χ1v) is 7.48. The molecule has 0 aliphatic heterocycles. The maximum atomic E-state index is 11.8. The van der Waals surface area contributed by atoms with Gasteiger partial charge in [-0.25, -0.2) is 4.79 Å². The Bertz CT molecular complexity index is 658. The number of aryl methyl sites for hydroxylation is 1. The second kappa shape index (κ2) is 8.19. The summed E-state index contributed by atoms with van der Waals surface area (Å²) in [6.45, 7) is 2.59. The predicted molar refractivity (Wildman–Crippen MR) is 89.4 cm³/mol. The first kappa shape index (κ1) is 16.8. The summed E-state index contributed by atoms with van der Waals surface area (Å²) in [5, 5.41) is 15.5. The number of aliphatic hydroxyl groups excluding tert-OH is 1. The summed E-state index contributed by atoms with van der Waals surface area (Å²) in [6, 6.07) is 14.8. The fraction of sp³-hybridized carbons (Fsp3) is 0.278. The molecule has 2 amide bonds. The normalized spacial score (nSPS) is 11.6. The molecule has 0 radical (unpaired) electrons. The zero-order valence-corrected chi connectivity index (χ0v) is 13.4. The van der Waals surface area contributed by atoms with Crippen LogP contribution in [0.5, 0.6) is 5.75 Å². The van der Waals surface area contributed by atoms with Crippen molar-refractivity contribution in [1.82, 2.24) is 10.6 Å².